The van der Waals surface area contributed by atoms with Crippen LogP contribution in [0.3, 0.4) is 0 Å². The molecule has 0 amide bonds. The lowest BCUT2D eigenvalue weighted by atomic mass is 9.95. The van der Waals surface area contributed by atoms with Crippen LogP contribution in [0.25, 0.3) is 5.57 Å². The van der Waals surface area contributed by atoms with Gasteiger partial charge in [-0.1, -0.05) is 44.7 Å². The normalized spacial score (nSPS) is 14.7. The maximum Gasteiger partial charge on any atom is 0.0347 e. The fourth-order valence-corrected chi connectivity index (χ4v) is 1.62. The van der Waals surface area contributed by atoms with E-state index in [-0.39, 0.29) is 4.75 Å². The zero-order valence-corrected chi connectivity index (χ0v) is 10.8. The van der Waals surface area contributed by atoms with Gasteiger partial charge >= 0.3 is 0 Å². The molecule has 0 spiro atoms. The highest BCUT2D eigenvalue weighted by molar-refractivity contribution is 7.81. The molecule has 0 radical (unpaired) electrons. The van der Waals surface area contributed by atoms with E-state index in [1.54, 1.807) is 0 Å². The minimum Gasteiger partial charge on any atom is -0.168 e. The van der Waals surface area contributed by atoms with Gasteiger partial charge in [-0.3, -0.25) is 0 Å². The molecule has 0 N–H and O–H groups in total. The average molecular weight is 220 g/mol. The van der Waals surface area contributed by atoms with Crippen molar-refractivity contribution in [2.75, 3.05) is 0 Å². The van der Waals surface area contributed by atoms with Crippen molar-refractivity contribution in [1.29, 1.82) is 0 Å². The Labute approximate surface area is 98.8 Å². The number of hydrogen-bond acceptors (Lipinski definition) is 1. The Morgan fingerprint density at radius 1 is 1.27 bits per heavy atom. The molecule has 0 heterocycles. The molecule has 0 fully saturated rings. The molecule has 82 valence electrons. The number of allylic oxidation sites excluding steroid dienone is 1. The third-order valence-electron chi connectivity index (χ3n) is 3.03. The van der Waals surface area contributed by atoms with E-state index in [0.717, 1.165) is 12.8 Å². The van der Waals surface area contributed by atoms with Crippen LogP contribution in [0, 0.1) is 0 Å². The van der Waals surface area contributed by atoms with Crippen LogP contribution in [0.5, 0.6) is 0 Å². The summed E-state index contributed by atoms with van der Waals surface area (Å²) in [5.41, 5.74) is 3.71. The molecule has 0 saturated carbocycles. The van der Waals surface area contributed by atoms with Crippen LogP contribution in [-0.2, 0) is 4.75 Å². The molecule has 0 aliphatic rings. The molecular weight excluding hydrogens is 200 g/mol. The van der Waals surface area contributed by atoms with Crippen LogP contribution in [0.1, 0.15) is 44.7 Å². The quantitative estimate of drug-likeness (QED) is 0.701. The minimum atomic E-state index is -0.0217. The second kappa shape index (κ2) is 4.89. The molecule has 1 aromatic carbocycles. The van der Waals surface area contributed by atoms with Gasteiger partial charge in [0, 0.05) is 4.75 Å². The van der Waals surface area contributed by atoms with Gasteiger partial charge < -0.3 is 0 Å². The average Bonchev–Trinajstić information content (AvgIpc) is 2.28. The summed E-state index contributed by atoms with van der Waals surface area (Å²) < 4.78 is -0.0217. The smallest absolute Gasteiger partial charge is 0.0347 e. The molecule has 0 aliphatic heterocycles. The third-order valence-corrected chi connectivity index (χ3v) is 3.60. The SMILES string of the molecule is C=C(CC)c1ccc(C(C)(S)CC)cc1. The second-order valence-electron chi connectivity index (χ2n) is 4.16. The van der Waals surface area contributed by atoms with Crippen molar-refractivity contribution in [3.05, 3.63) is 42.0 Å². The Bertz CT molecular complexity index is 333. The van der Waals surface area contributed by atoms with Crippen LogP contribution < -0.4 is 0 Å². The van der Waals surface area contributed by atoms with E-state index in [9.17, 15) is 0 Å². The first-order valence-electron chi connectivity index (χ1n) is 5.52. The fraction of sp³-hybridized carbons (Fsp3) is 0.429. The maximum atomic E-state index is 4.66. The molecule has 1 atom stereocenters. The molecule has 1 aromatic rings. The van der Waals surface area contributed by atoms with Crippen molar-refractivity contribution in [3.63, 3.8) is 0 Å². The Morgan fingerprint density at radius 3 is 2.20 bits per heavy atom. The topological polar surface area (TPSA) is 0 Å². The number of benzene rings is 1. The lowest BCUT2D eigenvalue weighted by Gasteiger charge is -2.22. The first-order valence-corrected chi connectivity index (χ1v) is 5.97. The van der Waals surface area contributed by atoms with Crippen molar-refractivity contribution < 1.29 is 0 Å². The Hall–Kier alpha value is -0.690. The van der Waals surface area contributed by atoms with E-state index in [4.69, 9.17) is 0 Å². The lowest BCUT2D eigenvalue weighted by Crippen LogP contribution is -2.11. The molecule has 0 aromatic heterocycles. The molecule has 1 rings (SSSR count). The van der Waals surface area contributed by atoms with Gasteiger partial charge in [0.1, 0.15) is 0 Å². The standard InChI is InChI=1S/C14H20S/c1-5-11(3)12-7-9-13(10-8-12)14(4,15)6-2/h7-10,15H,3,5-6H2,1-2,4H3. The van der Waals surface area contributed by atoms with E-state index in [0.29, 0.717) is 0 Å². The molecule has 0 saturated heterocycles. The van der Waals surface area contributed by atoms with Crippen molar-refractivity contribution in [3.8, 4) is 0 Å². The summed E-state index contributed by atoms with van der Waals surface area (Å²) in [6, 6.07) is 8.61. The summed E-state index contributed by atoms with van der Waals surface area (Å²) in [5, 5.41) is 0. The molecule has 1 unspecified atom stereocenters. The molecular formula is C14H20S. The summed E-state index contributed by atoms with van der Waals surface area (Å²) in [6.07, 6.45) is 2.04. The summed E-state index contributed by atoms with van der Waals surface area (Å²) in [5.74, 6) is 0. The summed E-state index contributed by atoms with van der Waals surface area (Å²) in [6.45, 7) is 10.5. The van der Waals surface area contributed by atoms with Crippen molar-refractivity contribution >= 4 is 18.2 Å². The molecule has 1 heteroatoms. The van der Waals surface area contributed by atoms with Gasteiger partial charge in [0.25, 0.3) is 0 Å². The van der Waals surface area contributed by atoms with Gasteiger partial charge in [-0.25, -0.2) is 0 Å². The van der Waals surface area contributed by atoms with Crippen molar-refractivity contribution in [2.24, 2.45) is 0 Å². The molecule has 0 nitrogen and oxygen atoms in total. The van der Waals surface area contributed by atoms with E-state index in [1.165, 1.54) is 16.7 Å². The zero-order chi connectivity index (χ0) is 11.5. The van der Waals surface area contributed by atoms with Gasteiger partial charge in [0.05, 0.1) is 0 Å². The first-order chi connectivity index (χ1) is 7.01. The van der Waals surface area contributed by atoms with Crippen molar-refractivity contribution in [2.45, 2.75) is 38.4 Å². The van der Waals surface area contributed by atoms with Gasteiger partial charge in [-0.2, -0.15) is 12.6 Å². The highest BCUT2D eigenvalue weighted by atomic mass is 32.1. The number of rotatable bonds is 4. The van der Waals surface area contributed by atoms with Crippen LogP contribution >= 0.6 is 12.6 Å². The first kappa shape index (κ1) is 12.4. The predicted molar refractivity (Wildman–Crippen MR) is 72.4 cm³/mol. The lowest BCUT2D eigenvalue weighted by molar-refractivity contribution is 0.671. The third kappa shape index (κ3) is 2.88. The summed E-state index contributed by atoms with van der Waals surface area (Å²) >= 11 is 4.66. The van der Waals surface area contributed by atoms with E-state index in [2.05, 4.69) is 64.2 Å². The van der Waals surface area contributed by atoms with Crippen molar-refractivity contribution in [1.82, 2.24) is 0 Å². The Morgan fingerprint density at radius 2 is 1.80 bits per heavy atom. The molecule has 0 aliphatic carbocycles. The van der Waals surface area contributed by atoms with Crippen LogP contribution in [-0.4, -0.2) is 0 Å². The monoisotopic (exact) mass is 220 g/mol. The number of thiol groups is 1. The Balaban J connectivity index is 2.95. The highest BCUT2D eigenvalue weighted by Gasteiger charge is 2.18. The van der Waals surface area contributed by atoms with Gasteiger partial charge in [-0.15, -0.1) is 0 Å². The maximum absolute atomic E-state index is 4.66. The molecule has 15 heavy (non-hydrogen) atoms. The summed E-state index contributed by atoms with van der Waals surface area (Å²) in [7, 11) is 0. The van der Waals surface area contributed by atoms with Crippen LogP contribution in [0.4, 0.5) is 0 Å². The van der Waals surface area contributed by atoms with E-state index >= 15 is 0 Å². The second-order valence-corrected chi connectivity index (χ2v) is 5.15. The van der Waals surface area contributed by atoms with Gasteiger partial charge in [-0.05, 0) is 36.5 Å². The fourth-order valence-electron chi connectivity index (χ4n) is 1.47. The van der Waals surface area contributed by atoms with E-state index in [1.807, 2.05) is 0 Å². The zero-order valence-electron chi connectivity index (χ0n) is 9.88. The van der Waals surface area contributed by atoms with Crippen LogP contribution in [0.15, 0.2) is 30.8 Å². The predicted octanol–water partition coefficient (Wildman–Crippen LogP) is 4.66. The van der Waals surface area contributed by atoms with E-state index < -0.39 is 0 Å². The number of hydrogen-bond donors (Lipinski definition) is 1. The minimum absolute atomic E-state index is 0.0217. The van der Waals surface area contributed by atoms with Gasteiger partial charge in [0.15, 0.2) is 0 Å². The largest absolute Gasteiger partial charge is 0.168 e. The summed E-state index contributed by atoms with van der Waals surface area (Å²) in [4.78, 5) is 0. The highest BCUT2D eigenvalue weighted by Crippen LogP contribution is 2.32. The molecule has 0 bridgehead atoms. The Kier molecular flexibility index (Phi) is 4.04. The van der Waals surface area contributed by atoms with Crippen LogP contribution in [0.2, 0.25) is 0 Å². The van der Waals surface area contributed by atoms with Gasteiger partial charge in [0.2, 0.25) is 0 Å².